The third-order valence-electron chi connectivity index (χ3n) is 6.03. The number of hydrogen-bond donors (Lipinski definition) is 0. The highest BCUT2D eigenvalue weighted by Gasteiger charge is 2.36. The lowest BCUT2D eigenvalue weighted by Gasteiger charge is -2.33. The Balaban J connectivity index is 1.73. The van der Waals surface area contributed by atoms with Crippen LogP contribution in [0, 0.1) is 26.7 Å². The lowest BCUT2D eigenvalue weighted by molar-refractivity contribution is -0.0640. The third kappa shape index (κ3) is 7.28. The van der Waals surface area contributed by atoms with E-state index in [2.05, 4.69) is 0 Å². The van der Waals surface area contributed by atoms with Crippen molar-refractivity contribution in [2.45, 2.75) is 40.2 Å². The highest BCUT2D eigenvalue weighted by Crippen LogP contribution is 2.25. The highest BCUT2D eigenvalue weighted by molar-refractivity contribution is 5.90. The summed E-state index contributed by atoms with van der Waals surface area (Å²) in [7, 11) is 0. The molecule has 0 saturated heterocycles. The Labute approximate surface area is 212 Å². The molecule has 0 aliphatic heterocycles. The second-order valence-electron chi connectivity index (χ2n) is 9.48. The van der Waals surface area contributed by atoms with Crippen molar-refractivity contribution in [2.75, 3.05) is 13.2 Å². The summed E-state index contributed by atoms with van der Waals surface area (Å²) in [5.41, 5.74) is 3.18. The Kier molecular flexibility index (Phi) is 8.64. The number of benzene rings is 3. The first-order valence-corrected chi connectivity index (χ1v) is 11.8. The molecule has 0 unspecified atom stereocenters. The van der Waals surface area contributed by atoms with Crippen LogP contribution in [-0.2, 0) is 14.2 Å². The molecule has 0 heterocycles. The Morgan fingerprint density at radius 1 is 0.583 bits per heavy atom. The second-order valence-corrected chi connectivity index (χ2v) is 9.48. The van der Waals surface area contributed by atoms with Crippen molar-refractivity contribution in [2.24, 2.45) is 5.92 Å². The number of aryl methyl sites for hydroxylation is 3. The minimum Gasteiger partial charge on any atom is -0.461 e. The van der Waals surface area contributed by atoms with Crippen molar-refractivity contribution in [3.05, 3.63) is 106 Å². The molecule has 188 valence electrons. The smallest absolute Gasteiger partial charge is 0.338 e. The minimum atomic E-state index is -1.11. The maximum absolute atomic E-state index is 12.8. The molecule has 0 radical (unpaired) electrons. The number of esters is 3. The molecule has 0 aliphatic rings. The predicted octanol–water partition coefficient (Wildman–Crippen LogP) is 5.88. The average molecular weight is 489 g/mol. The van der Waals surface area contributed by atoms with Crippen LogP contribution in [0.25, 0.3) is 0 Å². The minimum absolute atomic E-state index is 0.109. The van der Waals surface area contributed by atoms with Crippen LogP contribution in [-0.4, -0.2) is 36.7 Å². The van der Waals surface area contributed by atoms with E-state index < -0.39 is 29.4 Å². The van der Waals surface area contributed by atoms with Gasteiger partial charge in [0.05, 0.1) is 22.6 Å². The molecule has 3 aromatic carbocycles. The molecular weight excluding hydrogens is 456 g/mol. The van der Waals surface area contributed by atoms with Crippen LogP contribution < -0.4 is 0 Å². The van der Waals surface area contributed by atoms with E-state index >= 15 is 0 Å². The Morgan fingerprint density at radius 2 is 0.889 bits per heavy atom. The van der Waals surface area contributed by atoms with Gasteiger partial charge in [-0.15, -0.1) is 0 Å². The molecule has 6 heteroatoms. The van der Waals surface area contributed by atoms with Gasteiger partial charge in [-0.05, 0) is 71.0 Å². The molecule has 3 rings (SSSR count). The monoisotopic (exact) mass is 488 g/mol. The van der Waals surface area contributed by atoms with E-state index in [0.717, 1.165) is 16.7 Å². The zero-order valence-electron chi connectivity index (χ0n) is 21.4. The largest absolute Gasteiger partial charge is 0.461 e. The van der Waals surface area contributed by atoms with Gasteiger partial charge >= 0.3 is 17.9 Å². The van der Waals surface area contributed by atoms with Crippen molar-refractivity contribution in [1.29, 1.82) is 0 Å². The summed E-state index contributed by atoms with van der Waals surface area (Å²) in [5, 5.41) is 0. The molecule has 36 heavy (non-hydrogen) atoms. The number of carbonyl (C=O) groups excluding carboxylic acids is 3. The van der Waals surface area contributed by atoms with E-state index in [4.69, 9.17) is 14.2 Å². The van der Waals surface area contributed by atoms with Crippen LogP contribution >= 0.6 is 0 Å². The highest BCUT2D eigenvalue weighted by atomic mass is 16.6. The fraction of sp³-hybridized carbons (Fsp3) is 0.300. The molecule has 0 amide bonds. The van der Waals surface area contributed by atoms with Gasteiger partial charge in [0.1, 0.15) is 18.8 Å². The molecule has 0 saturated carbocycles. The molecule has 0 aliphatic carbocycles. The maximum atomic E-state index is 12.8. The lowest BCUT2D eigenvalue weighted by atomic mass is 9.91. The standard InChI is InChI=1S/C30H32O6/c1-20-6-12-23(13-7-20)27(31)34-18-26(19-35-28(32)24-14-8-21(2)9-15-24)30(4,5)36-29(33)25-16-10-22(3)11-17-25/h6-17,26H,18-19H2,1-5H3. The summed E-state index contributed by atoms with van der Waals surface area (Å²) in [4.78, 5) is 38.1. The molecule has 0 aromatic heterocycles. The van der Waals surface area contributed by atoms with Crippen molar-refractivity contribution in [3.8, 4) is 0 Å². The summed E-state index contributed by atoms with van der Waals surface area (Å²) in [6.45, 7) is 8.99. The van der Waals surface area contributed by atoms with Crippen molar-refractivity contribution in [3.63, 3.8) is 0 Å². The summed E-state index contributed by atoms with van der Waals surface area (Å²) >= 11 is 0. The Bertz CT molecular complexity index is 1130. The second kappa shape index (κ2) is 11.7. The summed E-state index contributed by atoms with van der Waals surface area (Å²) in [6.07, 6.45) is 0. The molecule has 0 bridgehead atoms. The van der Waals surface area contributed by atoms with Crippen molar-refractivity contribution >= 4 is 17.9 Å². The van der Waals surface area contributed by atoms with Crippen LogP contribution in [0.1, 0.15) is 61.6 Å². The van der Waals surface area contributed by atoms with E-state index in [9.17, 15) is 14.4 Å². The lowest BCUT2D eigenvalue weighted by Crippen LogP contribution is -2.42. The van der Waals surface area contributed by atoms with Crippen molar-refractivity contribution < 1.29 is 28.6 Å². The Hall–Kier alpha value is -3.93. The predicted molar refractivity (Wildman–Crippen MR) is 137 cm³/mol. The average Bonchev–Trinajstić information content (AvgIpc) is 2.84. The van der Waals surface area contributed by atoms with Crippen LogP contribution in [0.2, 0.25) is 0 Å². The Morgan fingerprint density at radius 3 is 1.22 bits per heavy atom. The molecule has 0 atom stereocenters. The molecule has 0 spiro atoms. The molecule has 0 N–H and O–H groups in total. The van der Waals surface area contributed by atoms with E-state index in [-0.39, 0.29) is 13.2 Å². The van der Waals surface area contributed by atoms with E-state index in [0.29, 0.717) is 16.7 Å². The van der Waals surface area contributed by atoms with Crippen molar-refractivity contribution in [1.82, 2.24) is 0 Å². The SMILES string of the molecule is Cc1ccc(C(=O)OCC(COC(=O)c2ccc(C)cc2)C(C)(C)OC(=O)c2ccc(C)cc2)cc1. The van der Waals surface area contributed by atoms with Crippen LogP contribution in [0.15, 0.2) is 72.8 Å². The van der Waals surface area contributed by atoms with Gasteiger partial charge in [0.2, 0.25) is 0 Å². The van der Waals surface area contributed by atoms with Gasteiger partial charge in [-0.1, -0.05) is 53.1 Å². The van der Waals surface area contributed by atoms with Crippen LogP contribution in [0.3, 0.4) is 0 Å². The number of ether oxygens (including phenoxy) is 3. The quantitative estimate of drug-likeness (QED) is 0.277. The molecule has 3 aromatic rings. The van der Waals surface area contributed by atoms with Gasteiger partial charge < -0.3 is 14.2 Å². The van der Waals surface area contributed by atoms with Gasteiger partial charge in [0.25, 0.3) is 0 Å². The fourth-order valence-electron chi connectivity index (χ4n) is 3.42. The van der Waals surface area contributed by atoms with Crippen LogP contribution in [0.4, 0.5) is 0 Å². The topological polar surface area (TPSA) is 78.9 Å². The molecular formula is C30H32O6. The summed E-state index contributed by atoms with van der Waals surface area (Å²) in [5.74, 6) is -2.15. The number of hydrogen-bond acceptors (Lipinski definition) is 6. The zero-order valence-corrected chi connectivity index (χ0v) is 21.4. The van der Waals surface area contributed by atoms with Gasteiger partial charge in [-0.2, -0.15) is 0 Å². The normalized spacial score (nSPS) is 11.2. The first kappa shape index (κ1) is 26.7. The number of carbonyl (C=O) groups is 3. The number of rotatable bonds is 9. The van der Waals surface area contributed by atoms with Crippen LogP contribution in [0.5, 0.6) is 0 Å². The first-order chi connectivity index (χ1) is 17.0. The van der Waals surface area contributed by atoms with E-state index in [1.807, 2.05) is 57.2 Å². The van der Waals surface area contributed by atoms with Gasteiger partial charge in [-0.25, -0.2) is 14.4 Å². The molecule has 6 nitrogen and oxygen atoms in total. The first-order valence-electron chi connectivity index (χ1n) is 11.8. The summed E-state index contributed by atoms with van der Waals surface area (Å²) in [6, 6.07) is 21.1. The van der Waals surface area contributed by atoms with E-state index in [1.54, 1.807) is 50.2 Å². The zero-order chi connectivity index (χ0) is 26.3. The third-order valence-corrected chi connectivity index (χ3v) is 6.03. The molecule has 0 fully saturated rings. The van der Waals surface area contributed by atoms with Gasteiger partial charge in [0.15, 0.2) is 0 Å². The van der Waals surface area contributed by atoms with E-state index in [1.165, 1.54) is 0 Å². The fourth-order valence-corrected chi connectivity index (χ4v) is 3.42. The van der Waals surface area contributed by atoms with Gasteiger partial charge in [-0.3, -0.25) is 0 Å². The summed E-state index contributed by atoms with van der Waals surface area (Å²) < 4.78 is 16.9. The maximum Gasteiger partial charge on any atom is 0.338 e. The van der Waals surface area contributed by atoms with Gasteiger partial charge in [0, 0.05) is 0 Å².